The third-order valence-electron chi connectivity index (χ3n) is 4.32. The minimum Gasteiger partial charge on any atom is -0.476 e. The standard InChI is InChI=1S/C21H31N3O7S/c1-12(2)8-29-16(27)21(10-20(6,7)11-21)31-24-14(15(25)26)13-9-32-17(22-13)23-18(28)30-19(3,4)5/h9,12H,8,10-11H2,1-7H3,(H,25,26)(H,22,23,28)/b24-14-. The Labute approximate surface area is 191 Å². The smallest absolute Gasteiger partial charge is 0.413 e. The van der Waals surface area contributed by atoms with Crippen LogP contribution in [0.15, 0.2) is 10.5 Å². The van der Waals surface area contributed by atoms with Crippen molar-refractivity contribution in [2.45, 2.75) is 72.5 Å². The molecule has 1 aromatic heterocycles. The topological polar surface area (TPSA) is 136 Å². The van der Waals surface area contributed by atoms with Gasteiger partial charge in [0.1, 0.15) is 11.3 Å². The molecule has 1 amide bonds. The molecule has 1 aromatic rings. The summed E-state index contributed by atoms with van der Waals surface area (Å²) in [4.78, 5) is 45.9. The number of carbonyl (C=O) groups is 3. The van der Waals surface area contributed by atoms with Crippen LogP contribution in [0.5, 0.6) is 0 Å². The zero-order valence-electron chi connectivity index (χ0n) is 19.5. The highest BCUT2D eigenvalue weighted by Gasteiger charge is 2.59. The molecule has 1 aliphatic rings. The second kappa shape index (κ2) is 9.43. The summed E-state index contributed by atoms with van der Waals surface area (Å²) in [5.41, 5.74) is -2.70. The number of amides is 1. The highest BCUT2D eigenvalue weighted by molar-refractivity contribution is 7.14. The van der Waals surface area contributed by atoms with Crippen LogP contribution >= 0.6 is 11.3 Å². The molecule has 0 bridgehead atoms. The number of thiazole rings is 1. The van der Waals surface area contributed by atoms with Crippen molar-refractivity contribution >= 4 is 40.2 Å². The third-order valence-corrected chi connectivity index (χ3v) is 5.07. The van der Waals surface area contributed by atoms with Gasteiger partial charge in [0.15, 0.2) is 5.13 Å². The molecule has 0 saturated heterocycles. The lowest BCUT2D eigenvalue weighted by Gasteiger charge is -2.48. The number of hydrogen-bond acceptors (Lipinski definition) is 9. The maximum Gasteiger partial charge on any atom is 0.413 e. The molecule has 178 valence electrons. The van der Waals surface area contributed by atoms with Crippen molar-refractivity contribution in [3.05, 3.63) is 11.1 Å². The van der Waals surface area contributed by atoms with Crippen LogP contribution in [0.25, 0.3) is 0 Å². The first-order chi connectivity index (χ1) is 14.6. The Hall–Kier alpha value is -2.69. The average molecular weight is 470 g/mol. The molecule has 11 heteroatoms. The lowest BCUT2D eigenvalue weighted by molar-refractivity contribution is -0.205. The molecule has 1 saturated carbocycles. The number of oxime groups is 1. The molecule has 32 heavy (non-hydrogen) atoms. The molecule has 0 unspecified atom stereocenters. The van der Waals surface area contributed by atoms with E-state index in [0.717, 1.165) is 11.3 Å². The van der Waals surface area contributed by atoms with Crippen molar-refractivity contribution in [2.75, 3.05) is 11.9 Å². The molecule has 0 spiro atoms. The van der Waals surface area contributed by atoms with Gasteiger partial charge < -0.3 is 19.4 Å². The van der Waals surface area contributed by atoms with Crippen molar-refractivity contribution in [3.63, 3.8) is 0 Å². The van der Waals surface area contributed by atoms with Crippen molar-refractivity contribution in [3.8, 4) is 0 Å². The average Bonchev–Trinajstić information content (AvgIpc) is 3.03. The Morgan fingerprint density at radius 3 is 2.41 bits per heavy atom. The normalized spacial score (nSPS) is 17.3. The second-order valence-corrected chi connectivity index (χ2v) is 10.9. The molecular weight excluding hydrogens is 438 g/mol. The quantitative estimate of drug-likeness (QED) is 0.330. The van der Waals surface area contributed by atoms with Gasteiger partial charge in [0.2, 0.25) is 11.3 Å². The van der Waals surface area contributed by atoms with Gasteiger partial charge in [-0.3, -0.25) is 5.32 Å². The van der Waals surface area contributed by atoms with Gasteiger partial charge in [-0.05, 0) is 32.1 Å². The first kappa shape index (κ1) is 25.6. The number of nitrogens with zero attached hydrogens (tertiary/aromatic N) is 2. The summed E-state index contributed by atoms with van der Waals surface area (Å²) < 4.78 is 10.5. The van der Waals surface area contributed by atoms with E-state index in [1.54, 1.807) is 20.8 Å². The Kier molecular flexibility index (Phi) is 7.54. The van der Waals surface area contributed by atoms with E-state index in [9.17, 15) is 19.5 Å². The van der Waals surface area contributed by atoms with E-state index in [1.807, 2.05) is 27.7 Å². The molecule has 1 aliphatic carbocycles. The third kappa shape index (κ3) is 6.91. The molecule has 0 radical (unpaired) electrons. The van der Waals surface area contributed by atoms with Crippen LogP contribution in [-0.2, 0) is 23.9 Å². The van der Waals surface area contributed by atoms with E-state index in [2.05, 4.69) is 15.5 Å². The first-order valence-corrected chi connectivity index (χ1v) is 11.1. The summed E-state index contributed by atoms with van der Waals surface area (Å²) in [7, 11) is 0. The zero-order valence-corrected chi connectivity index (χ0v) is 20.3. The van der Waals surface area contributed by atoms with Crippen molar-refractivity contribution < 1.29 is 33.8 Å². The van der Waals surface area contributed by atoms with Gasteiger partial charge in [0.25, 0.3) is 0 Å². The van der Waals surface area contributed by atoms with Gasteiger partial charge in [-0.25, -0.2) is 19.4 Å². The molecule has 2 rings (SSSR count). The Balaban J connectivity index is 2.18. The summed E-state index contributed by atoms with van der Waals surface area (Å²) in [5, 5.41) is 17.4. The minimum atomic E-state index is -1.39. The van der Waals surface area contributed by atoms with E-state index in [1.165, 1.54) is 5.38 Å². The van der Waals surface area contributed by atoms with Crippen LogP contribution in [0.2, 0.25) is 0 Å². The SMILES string of the molecule is CC(C)COC(=O)C1(O/N=C(\C(=O)O)c2csc(NC(=O)OC(C)(C)C)n2)CC(C)(C)C1. The largest absolute Gasteiger partial charge is 0.476 e. The number of carboxylic acids is 1. The van der Waals surface area contributed by atoms with Gasteiger partial charge in [-0.2, -0.15) is 0 Å². The summed E-state index contributed by atoms with van der Waals surface area (Å²) in [5.74, 6) is -1.80. The van der Waals surface area contributed by atoms with Crippen molar-refractivity contribution in [2.24, 2.45) is 16.5 Å². The second-order valence-electron chi connectivity index (χ2n) is 10.0. The number of aromatic nitrogens is 1. The van der Waals surface area contributed by atoms with E-state index < -0.39 is 34.9 Å². The van der Waals surface area contributed by atoms with E-state index in [-0.39, 0.29) is 28.8 Å². The maximum absolute atomic E-state index is 12.7. The lowest BCUT2D eigenvalue weighted by Crippen LogP contribution is -2.56. The molecular formula is C21H31N3O7S. The van der Waals surface area contributed by atoms with Crippen LogP contribution in [0.4, 0.5) is 9.93 Å². The highest BCUT2D eigenvalue weighted by atomic mass is 32.1. The lowest BCUT2D eigenvalue weighted by atomic mass is 9.61. The number of hydrogen-bond donors (Lipinski definition) is 2. The zero-order chi connectivity index (χ0) is 24.3. The number of ether oxygens (including phenoxy) is 2. The Morgan fingerprint density at radius 1 is 1.28 bits per heavy atom. The maximum atomic E-state index is 12.7. The number of carboxylic acid groups (broad SMARTS) is 1. The predicted molar refractivity (Wildman–Crippen MR) is 119 cm³/mol. The van der Waals surface area contributed by atoms with Gasteiger partial charge >= 0.3 is 18.0 Å². The molecule has 1 fully saturated rings. The molecule has 0 aromatic carbocycles. The monoisotopic (exact) mass is 469 g/mol. The van der Waals surface area contributed by atoms with Crippen LogP contribution in [-0.4, -0.2) is 51.6 Å². The minimum absolute atomic E-state index is 0.0159. The number of anilines is 1. The summed E-state index contributed by atoms with van der Waals surface area (Å²) in [6, 6.07) is 0. The van der Waals surface area contributed by atoms with E-state index >= 15 is 0 Å². The number of nitrogens with one attached hydrogen (secondary N) is 1. The first-order valence-electron chi connectivity index (χ1n) is 10.3. The van der Waals surface area contributed by atoms with Gasteiger partial charge in [-0.1, -0.05) is 32.9 Å². The van der Waals surface area contributed by atoms with Gasteiger partial charge in [-0.15, -0.1) is 11.3 Å². The van der Waals surface area contributed by atoms with Crippen LogP contribution < -0.4 is 5.32 Å². The van der Waals surface area contributed by atoms with Crippen LogP contribution in [0.3, 0.4) is 0 Å². The fourth-order valence-corrected chi connectivity index (χ4v) is 3.95. The fourth-order valence-electron chi connectivity index (χ4n) is 3.27. The number of esters is 1. The predicted octanol–water partition coefficient (Wildman–Crippen LogP) is 4.05. The van der Waals surface area contributed by atoms with Crippen molar-refractivity contribution in [1.82, 2.24) is 4.98 Å². The van der Waals surface area contributed by atoms with Gasteiger partial charge in [0, 0.05) is 18.2 Å². The fraction of sp³-hybridized carbons (Fsp3) is 0.667. The molecule has 0 atom stereocenters. The Bertz CT molecular complexity index is 891. The molecule has 2 N–H and O–H groups in total. The molecule has 1 heterocycles. The van der Waals surface area contributed by atoms with Crippen LogP contribution in [0, 0.1) is 11.3 Å². The molecule has 10 nitrogen and oxygen atoms in total. The molecule has 0 aliphatic heterocycles. The number of rotatable bonds is 8. The Morgan fingerprint density at radius 2 is 1.91 bits per heavy atom. The van der Waals surface area contributed by atoms with Crippen LogP contribution in [0.1, 0.15) is 67.0 Å². The summed E-state index contributed by atoms with van der Waals surface area (Å²) in [6.45, 7) is 13.2. The summed E-state index contributed by atoms with van der Waals surface area (Å²) >= 11 is 1.01. The van der Waals surface area contributed by atoms with Crippen molar-refractivity contribution in [1.29, 1.82) is 0 Å². The summed E-state index contributed by atoms with van der Waals surface area (Å²) in [6.07, 6.45) is -0.0295. The number of aliphatic carboxylic acids is 1. The number of carbonyl (C=O) groups excluding carboxylic acids is 2. The van der Waals surface area contributed by atoms with Gasteiger partial charge in [0.05, 0.1) is 6.61 Å². The van der Waals surface area contributed by atoms with E-state index in [4.69, 9.17) is 14.3 Å². The van der Waals surface area contributed by atoms with E-state index in [0.29, 0.717) is 12.8 Å². The highest BCUT2D eigenvalue weighted by Crippen LogP contribution is 2.51.